The molecule has 5 heteroatoms. The first-order valence-electron chi connectivity index (χ1n) is 5.95. The Morgan fingerprint density at radius 3 is 2.47 bits per heavy atom. The molecule has 0 saturated heterocycles. The summed E-state index contributed by atoms with van der Waals surface area (Å²) in [5, 5.41) is 9.88. The van der Waals surface area contributed by atoms with Gasteiger partial charge in [-0.15, -0.1) is 0 Å². The molecule has 0 spiro atoms. The lowest BCUT2D eigenvalue weighted by Gasteiger charge is -2.27. The molecule has 102 valence electrons. The van der Waals surface area contributed by atoms with E-state index in [9.17, 15) is 9.90 Å². The number of nitrogens with two attached hydrogens (primary N) is 1. The van der Waals surface area contributed by atoms with Crippen molar-refractivity contribution in [2.75, 3.05) is 27.2 Å². The van der Waals surface area contributed by atoms with Gasteiger partial charge in [-0.05, 0) is 32.9 Å². The van der Waals surface area contributed by atoms with Crippen LogP contribution in [0.15, 0.2) is 0 Å². The standard InChI is InChI=1S/C12H26N2O3/c1-9(2)10(13)6-7-14(4)8-12(3,16)11(15)17-5/h9-10,16H,6-8,13H2,1-5H3. The third-order valence-electron chi connectivity index (χ3n) is 2.90. The van der Waals surface area contributed by atoms with Gasteiger partial charge in [-0.1, -0.05) is 13.8 Å². The number of nitrogens with zero attached hydrogens (tertiary/aromatic N) is 1. The number of rotatable bonds is 7. The topological polar surface area (TPSA) is 75.8 Å². The monoisotopic (exact) mass is 246 g/mol. The van der Waals surface area contributed by atoms with Crippen molar-refractivity contribution in [1.29, 1.82) is 0 Å². The van der Waals surface area contributed by atoms with Crippen molar-refractivity contribution >= 4 is 5.97 Å². The summed E-state index contributed by atoms with van der Waals surface area (Å²) >= 11 is 0. The molecule has 2 atom stereocenters. The average Bonchev–Trinajstić information content (AvgIpc) is 2.23. The number of carbonyl (C=O) groups excluding carboxylic acids is 1. The lowest BCUT2D eigenvalue weighted by molar-refractivity contribution is -0.162. The van der Waals surface area contributed by atoms with Gasteiger partial charge in [-0.2, -0.15) is 0 Å². The van der Waals surface area contributed by atoms with E-state index in [0.29, 0.717) is 5.92 Å². The number of hydrogen-bond donors (Lipinski definition) is 2. The fourth-order valence-electron chi connectivity index (χ4n) is 1.59. The molecule has 2 unspecified atom stereocenters. The summed E-state index contributed by atoms with van der Waals surface area (Å²) in [6.45, 7) is 6.60. The molecule has 5 nitrogen and oxygen atoms in total. The Morgan fingerprint density at radius 2 is 2.06 bits per heavy atom. The van der Waals surface area contributed by atoms with Gasteiger partial charge in [-0.3, -0.25) is 0 Å². The first-order valence-corrected chi connectivity index (χ1v) is 5.95. The zero-order chi connectivity index (χ0) is 13.6. The summed E-state index contributed by atoms with van der Waals surface area (Å²) in [4.78, 5) is 13.2. The van der Waals surface area contributed by atoms with Crippen molar-refractivity contribution in [3.8, 4) is 0 Å². The van der Waals surface area contributed by atoms with Gasteiger partial charge in [0.2, 0.25) is 0 Å². The molecule has 3 N–H and O–H groups in total. The maximum Gasteiger partial charge on any atom is 0.338 e. The van der Waals surface area contributed by atoms with Crippen LogP contribution in [0.2, 0.25) is 0 Å². The highest BCUT2D eigenvalue weighted by Gasteiger charge is 2.32. The molecular weight excluding hydrogens is 220 g/mol. The molecule has 0 bridgehead atoms. The van der Waals surface area contributed by atoms with Gasteiger partial charge < -0.3 is 20.5 Å². The minimum absolute atomic E-state index is 0.139. The molecule has 0 rings (SSSR count). The van der Waals surface area contributed by atoms with Crippen molar-refractivity contribution in [2.45, 2.75) is 38.8 Å². The average molecular weight is 246 g/mol. The molecule has 0 aromatic carbocycles. The first kappa shape index (κ1) is 16.4. The van der Waals surface area contributed by atoms with E-state index < -0.39 is 11.6 Å². The van der Waals surface area contributed by atoms with Crippen LogP contribution in [0.1, 0.15) is 27.2 Å². The number of aliphatic hydroxyl groups is 1. The summed E-state index contributed by atoms with van der Waals surface area (Å²) in [6, 6.07) is 0.139. The van der Waals surface area contributed by atoms with Crippen LogP contribution in [-0.4, -0.2) is 54.9 Å². The summed E-state index contributed by atoms with van der Waals surface area (Å²) in [5.74, 6) is -0.179. The second-order valence-corrected chi connectivity index (χ2v) is 5.20. The summed E-state index contributed by atoms with van der Waals surface area (Å²) in [6.07, 6.45) is 0.839. The van der Waals surface area contributed by atoms with Crippen LogP contribution < -0.4 is 5.73 Å². The SMILES string of the molecule is COC(=O)C(C)(O)CN(C)CCC(N)C(C)C. The Balaban J connectivity index is 4.09. The van der Waals surface area contributed by atoms with Crippen LogP contribution in [-0.2, 0) is 9.53 Å². The zero-order valence-corrected chi connectivity index (χ0v) is 11.6. The van der Waals surface area contributed by atoms with Crippen molar-refractivity contribution in [2.24, 2.45) is 11.7 Å². The fraction of sp³-hybridized carbons (Fsp3) is 0.917. The maximum atomic E-state index is 11.3. The van der Waals surface area contributed by atoms with E-state index in [4.69, 9.17) is 5.73 Å². The fourth-order valence-corrected chi connectivity index (χ4v) is 1.59. The summed E-state index contributed by atoms with van der Waals surface area (Å²) in [5.41, 5.74) is 4.47. The van der Waals surface area contributed by atoms with E-state index in [-0.39, 0.29) is 12.6 Å². The number of methoxy groups -OCH3 is 1. The van der Waals surface area contributed by atoms with Gasteiger partial charge in [0.25, 0.3) is 0 Å². The predicted molar refractivity (Wildman–Crippen MR) is 67.6 cm³/mol. The molecule has 0 aliphatic rings. The van der Waals surface area contributed by atoms with Crippen molar-refractivity contribution < 1.29 is 14.6 Å². The zero-order valence-electron chi connectivity index (χ0n) is 11.6. The van der Waals surface area contributed by atoms with Crippen molar-refractivity contribution in [3.63, 3.8) is 0 Å². The Morgan fingerprint density at radius 1 is 1.53 bits per heavy atom. The smallest absolute Gasteiger partial charge is 0.338 e. The lowest BCUT2D eigenvalue weighted by Crippen LogP contribution is -2.47. The molecule has 0 aromatic rings. The highest BCUT2D eigenvalue weighted by atomic mass is 16.5. The highest BCUT2D eigenvalue weighted by molar-refractivity contribution is 5.78. The van der Waals surface area contributed by atoms with E-state index in [1.807, 2.05) is 11.9 Å². The highest BCUT2D eigenvalue weighted by Crippen LogP contribution is 2.09. The number of likely N-dealkylation sites (N-methyl/N-ethyl adjacent to an activating group) is 1. The van der Waals surface area contributed by atoms with Crippen molar-refractivity contribution in [3.05, 3.63) is 0 Å². The molecule has 0 amide bonds. The lowest BCUT2D eigenvalue weighted by atomic mass is 10.0. The largest absolute Gasteiger partial charge is 0.467 e. The summed E-state index contributed by atoms with van der Waals surface area (Å²) in [7, 11) is 3.12. The number of carbonyl (C=O) groups is 1. The van der Waals surface area contributed by atoms with Crippen LogP contribution in [0.4, 0.5) is 0 Å². The second-order valence-electron chi connectivity index (χ2n) is 5.20. The Labute approximate surface area is 104 Å². The first-order chi connectivity index (χ1) is 7.70. The van der Waals surface area contributed by atoms with E-state index in [2.05, 4.69) is 18.6 Å². The predicted octanol–water partition coefficient (Wildman–Crippen LogP) is 0.216. The van der Waals surface area contributed by atoms with E-state index in [0.717, 1.165) is 13.0 Å². The van der Waals surface area contributed by atoms with Gasteiger partial charge in [0, 0.05) is 12.6 Å². The Bertz CT molecular complexity index is 242. The van der Waals surface area contributed by atoms with Crippen LogP contribution in [0.5, 0.6) is 0 Å². The Kier molecular flexibility index (Phi) is 6.67. The minimum Gasteiger partial charge on any atom is -0.467 e. The maximum absolute atomic E-state index is 11.3. The van der Waals surface area contributed by atoms with E-state index in [1.54, 1.807) is 0 Å². The van der Waals surface area contributed by atoms with Crippen molar-refractivity contribution in [1.82, 2.24) is 4.90 Å². The second kappa shape index (κ2) is 6.93. The molecule has 0 aliphatic carbocycles. The molecular formula is C12H26N2O3. The molecule has 0 aliphatic heterocycles. The van der Waals surface area contributed by atoms with Crippen LogP contribution >= 0.6 is 0 Å². The molecule has 0 saturated carbocycles. The summed E-state index contributed by atoms with van der Waals surface area (Å²) < 4.78 is 4.54. The van der Waals surface area contributed by atoms with Crippen LogP contribution in [0.25, 0.3) is 0 Å². The molecule has 17 heavy (non-hydrogen) atoms. The molecule has 0 heterocycles. The molecule has 0 aromatic heterocycles. The Hall–Kier alpha value is -0.650. The molecule has 0 radical (unpaired) electrons. The quantitative estimate of drug-likeness (QED) is 0.628. The number of hydrogen-bond acceptors (Lipinski definition) is 5. The number of ether oxygens (including phenoxy) is 1. The van der Waals surface area contributed by atoms with E-state index in [1.165, 1.54) is 14.0 Å². The third kappa shape index (κ3) is 6.00. The van der Waals surface area contributed by atoms with Crippen LogP contribution in [0, 0.1) is 5.92 Å². The third-order valence-corrected chi connectivity index (χ3v) is 2.90. The minimum atomic E-state index is -1.47. The van der Waals surface area contributed by atoms with Gasteiger partial charge in [-0.25, -0.2) is 4.79 Å². The van der Waals surface area contributed by atoms with Gasteiger partial charge in [0.15, 0.2) is 5.60 Å². The van der Waals surface area contributed by atoms with Gasteiger partial charge >= 0.3 is 5.97 Å². The van der Waals surface area contributed by atoms with Crippen LogP contribution in [0.3, 0.4) is 0 Å². The normalized spacial score (nSPS) is 17.0. The van der Waals surface area contributed by atoms with E-state index >= 15 is 0 Å². The van der Waals surface area contributed by atoms with Gasteiger partial charge in [0.1, 0.15) is 0 Å². The number of esters is 1. The molecule has 0 fully saturated rings. The van der Waals surface area contributed by atoms with Gasteiger partial charge in [0.05, 0.1) is 7.11 Å².